The number of pyridine rings is 1. The highest BCUT2D eigenvalue weighted by molar-refractivity contribution is 9.10. The number of nitrogens with zero attached hydrogens (tertiary/aromatic N) is 1. The molecule has 1 aromatic heterocycles. The predicted octanol–water partition coefficient (Wildman–Crippen LogP) is 4.56. The van der Waals surface area contributed by atoms with Gasteiger partial charge in [0.05, 0.1) is 6.61 Å². The molecule has 0 radical (unpaired) electrons. The maximum atomic E-state index is 12.9. The maximum Gasteiger partial charge on any atom is 0.224 e. The summed E-state index contributed by atoms with van der Waals surface area (Å²) in [5.41, 5.74) is 0.431. The Morgan fingerprint density at radius 2 is 2.09 bits per heavy atom. The van der Waals surface area contributed by atoms with E-state index < -0.39 is 5.95 Å². The Bertz CT molecular complexity index is 652. The van der Waals surface area contributed by atoms with Crippen LogP contribution in [0.3, 0.4) is 0 Å². The van der Waals surface area contributed by atoms with Crippen molar-refractivity contribution < 1.29 is 13.9 Å². The van der Waals surface area contributed by atoms with Crippen molar-refractivity contribution in [2.24, 2.45) is 0 Å². The minimum absolute atomic E-state index is 0.122. The fourth-order valence-corrected chi connectivity index (χ4v) is 2.39. The standard InChI is InChI=1S/C17H18BrFN2O2/c18-13-5-4-6-15(11-13)23-10-3-1-2-7-17(22)21-14-8-9-20-16(19)12-14/h4-6,8-9,11-12H,1-3,7,10H2,(H,20,21,22). The van der Waals surface area contributed by atoms with Crippen molar-refractivity contribution in [3.8, 4) is 5.75 Å². The number of amides is 1. The highest BCUT2D eigenvalue weighted by atomic mass is 79.9. The number of ether oxygens (including phenoxy) is 1. The smallest absolute Gasteiger partial charge is 0.224 e. The number of rotatable bonds is 8. The molecule has 122 valence electrons. The highest BCUT2D eigenvalue weighted by Crippen LogP contribution is 2.18. The van der Waals surface area contributed by atoms with Gasteiger partial charge in [0, 0.05) is 28.8 Å². The fraction of sp³-hybridized carbons (Fsp3) is 0.294. The molecular formula is C17H18BrFN2O2. The first kappa shape index (κ1) is 17.4. The second kappa shape index (κ2) is 9.25. The van der Waals surface area contributed by atoms with E-state index in [1.54, 1.807) is 6.07 Å². The van der Waals surface area contributed by atoms with Crippen LogP contribution in [-0.2, 0) is 4.79 Å². The Hall–Kier alpha value is -1.95. The average molecular weight is 381 g/mol. The van der Waals surface area contributed by atoms with E-state index in [0.717, 1.165) is 29.5 Å². The molecule has 2 rings (SSSR count). The summed E-state index contributed by atoms with van der Waals surface area (Å²) in [6.07, 6.45) is 4.27. The van der Waals surface area contributed by atoms with E-state index in [9.17, 15) is 9.18 Å². The number of carbonyl (C=O) groups is 1. The average Bonchev–Trinajstić information content (AvgIpc) is 2.51. The van der Waals surface area contributed by atoms with Crippen molar-refractivity contribution in [2.75, 3.05) is 11.9 Å². The molecule has 1 aromatic carbocycles. The van der Waals surface area contributed by atoms with Gasteiger partial charge in [-0.3, -0.25) is 4.79 Å². The van der Waals surface area contributed by atoms with Crippen molar-refractivity contribution in [1.29, 1.82) is 0 Å². The van der Waals surface area contributed by atoms with E-state index in [-0.39, 0.29) is 5.91 Å². The quantitative estimate of drug-likeness (QED) is 0.539. The van der Waals surface area contributed by atoms with Crippen molar-refractivity contribution in [3.05, 3.63) is 53.0 Å². The number of hydrogen-bond donors (Lipinski definition) is 1. The zero-order valence-electron chi connectivity index (χ0n) is 12.6. The lowest BCUT2D eigenvalue weighted by Gasteiger charge is -2.07. The molecule has 1 heterocycles. The molecule has 23 heavy (non-hydrogen) atoms. The van der Waals surface area contributed by atoms with Crippen LogP contribution in [0.25, 0.3) is 0 Å². The van der Waals surface area contributed by atoms with E-state index in [4.69, 9.17) is 4.74 Å². The first-order chi connectivity index (χ1) is 11.1. The Kier molecular flexibility index (Phi) is 7.00. The van der Waals surface area contributed by atoms with Gasteiger partial charge in [-0.15, -0.1) is 0 Å². The summed E-state index contributed by atoms with van der Waals surface area (Å²) in [7, 11) is 0. The van der Waals surface area contributed by atoms with E-state index >= 15 is 0 Å². The highest BCUT2D eigenvalue weighted by Gasteiger charge is 2.03. The number of anilines is 1. The summed E-state index contributed by atoms with van der Waals surface area (Å²) in [6.45, 7) is 0.619. The van der Waals surface area contributed by atoms with Crippen LogP contribution in [0.2, 0.25) is 0 Å². The third-order valence-electron chi connectivity index (χ3n) is 3.12. The number of benzene rings is 1. The van der Waals surface area contributed by atoms with Crippen molar-refractivity contribution in [2.45, 2.75) is 25.7 Å². The van der Waals surface area contributed by atoms with Gasteiger partial charge in [-0.25, -0.2) is 4.98 Å². The Balaban J connectivity index is 1.57. The number of halogens is 2. The van der Waals surface area contributed by atoms with Crippen LogP contribution in [-0.4, -0.2) is 17.5 Å². The minimum atomic E-state index is -0.604. The lowest BCUT2D eigenvalue weighted by molar-refractivity contribution is -0.116. The van der Waals surface area contributed by atoms with Gasteiger partial charge in [-0.1, -0.05) is 22.0 Å². The molecular weight excluding hydrogens is 363 g/mol. The summed E-state index contributed by atoms with van der Waals surface area (Å²) >= 11 is 3.39. The van der Waals surface area contributed by atoms with Crippen molar-refractivity contribution >= 4 is 27.5 Å². The van der Waals surface area contributed by atoms with Gasteiger partial charge in [0.1, 0.15) is 5.75 Å². The second-order valence-corrected chi connectivity index (χ2v) is 5.95. The van der Waals surface area contributed by atoms with Gasteiger partial charge in [-0.05, 0) is 43.5 Å². The van der Waals surface area contributed by atoms with Crippen LogP contribution in [0.1, 0.15) is 25.7 Å². The molecule has 0 saturated heterocycles. The molecule has 4 nitrogen and oxygen atoms in total. The first-order valence-corrected chi connectivity index (χ1v) is 8.22. The molecule has 1 amide bonds. The molecule has 0 aliphatic heterocycles. The van der Waals surface area contributed by atoms with Crippen molar-refractivity contribution in [3.63, 3.8) is 0 Å². The number of hydrogen-bond acceptors (Lipinski definition) is 3. The van der Waals surface area contributed by atoms with Gasteiger partial charge in [0.2, 0.25) is 11.9 Å². The third kappa shape index (κ3) is 6.78. The SMILES string of the molecule is O=C(CCCCCOc1cccc(Br)c1)Nc1ccnc(F)c1. The topological polar surface area (TPSA) is 51.2 Å². The lowest BCUT2D eigenvalue weighted by atomic mass is 10.2. The van der Waals surface area contributed by atoms with Crippen LogP contribution in [0.15, 0.2) is 47.1 Å². The molecule has 0 fully saturated rings. The van der Waals surface area contributed by atoms with Gasteiger partial charge in [0.25, 0.3) is 0 Å². The molecule has 0 bridgehead atoms. The lowest BCUT2D eigenvalue weighted by Crippen LogP contribution is -2.11. The van der Waals surface area contributed by atoms with Crippen LogP contribution < -0.4 is 10.1 Å². The monoisotopic (exact) mass is 380 g/mol. The Morgan fingerprint density at radius 1 is 1.22 bits per heavy atom. The Morgan fingerprint density at radius 3 is 2.87 bits per heavy atom. The van der Waals surface area contributed by atoms with Gasteiger partial charge < -0.3 is 10.1 Å². The van der Waals surface area contributed by atoms with Gasteiger partial charge in [-0.2, -0.15) is 4.39 Å². The molecule has 0 saturated carbocycles. The first-order valence-electron chi connectivity index (χ1n) is 7.43. The van der Waals surface area contributed by atoms with Crippen LogP contribution >= 0.6 is 15.9 Å². The zero-order chi connectivity index (χ0) is 16.5. The summed E-state index contributed by atoms with van der Waals surface area (Å²) in [6, 6.07) is 10.5. The predicted molar refractivity (Wildman–Crippen MR) is 90.9 cm³/mol. The molecule has 0 aliphatic carbocycles. The largest absolute Gasteiger partial charge is 0.494 e. The second-order valence-electron chi connectivity index (χ2n) is 5.03. The number of unbranched alkanes of at least 4 members (excludes halogenated alkanes) is 2. The normalized spacial score (nSPS) is 10.3. The fourth-order valence-electron chi connectivity index (χ4n) is 2.01. The van der Waals surface area contributed by atoms with Crippen molar-refractivity contribution in [1.82, 2.24) is 4.98 Å². The molecule has 0 atom stereocenters. The van der Waals surface area contributed by atoms with E-state index in [1.807, 2.05) is 24.3 Å². The third-order valence-corrected chi connectivity index (χ3v) is 3.62. The van der Waals surface area contributed by atoms with E-state index in [0.29, 0.717) is 18.7 Å². The number of nitrogens with one attached hydrogen (secondary N) is 1. The zero-order valence-corrected chi connectivity index (χ0v) is 14.2. The minimum Gasteiger partial charge on any atom is -0.494 e. The van der Waals surface area contributed by atoms with Crippen LogP contribution in [0.4, 0.5) is 10.1 Å². The van der Waals surface area contributed by atoms with Crippen LogP contribution in [0, 0.1) is 5.95 Å². The van der Waals surface area contributed by atoms with E-state index in [2.05, 4.69) is 26.2 Å². The van der Waals surface area contributed by atoms with Gasteiger partial charge >= 0.3 is 0 Å². The van der Waals surface area contributed by atoms with Gasteiger partial charge in [0.15, 0.2) is 0 Å². The summed E-state index contributed by atoms with van der Waals surface area (Å²) in [5.74, 6) is 0.104. The summed E-state index contributed by atoms with van der Waals surface area (Å²) in [5, 5.41) is 2.65. The molecule has 0 spiro atoms. The summed E-state index contributed by atoms with van der Waals surface area (Å²) < 4.78 is 19.5. The maximum absolute atomic E-state index is 12.9. The Labute approximate surface area is 143 Å². The molecule has 0 aliphatic rings. The molecule has 0 unspecified atom stereocenters. The molecule has 2 aromatic rings. The van der Waals surface area contributed by atoms with E-state index in [1.165, 1.54) is 12.3 Å². The summed E-state index contributed by atoms with van der Waals surface area (Å²) in [4.78, 5) is 15.2. The molecule has 6 heteroatoms. The van der Waals surface area contributed by atoms with Crippen LogP contribution in [0.5, 0.6) is 5.75 Å². The number of aromatic nitrogens is 1. The molecule has 1 N–H and O–H groups in total. The number of carbonyl (C=O) groups excluding carboxylic acids is 1.